The summed E-state index contributed by atoms with van der Waals surface area (Å²) in [5.41, 5.74) is -4.54. The van der Waals surface area contributed by atoms with Crippen molar-refractivity contribution in [1.82, 2.24) is 0 Å². The molecule has 7 unspecified atom stereocenters. The molecule has 0 radical (unpaired) electrons. The Kier molecular flexibility index (Phi) is 4.93. The van der Waals surface area contributed by atoms with Crippen LogP contribution in [0.2, 0.25) is 0 Å². The van der Waals surface area contributed by atoms with Crippen LogP contribution in [-0.2, 0) is 25.5 Å². The van der Waals surface area contributed by atoms with Crippen LogP contribution in [0, 0.1) is 16.7 Å². The number of furan rings is 1. The van der Waals surface area contributed by atoms with Gasteiger partial charge in [0, 0.05) is 18.3 Å². The van der Waals surface area contributed by atoms with E-state index in [1.54, 1.807) is 19.5 Å². The summed E-state index contributed by atoms with van der Waals surface area (Å²) in [6, 6.07) is 1.85. The van der Waals surface area contributed by atoms with E-state index in [0.29, 0.717) is 19.3 Å². The van der Waals surface area contributed by atoms with Crippen molar-refractivity contribution >= 4 is 11.8 Å². The molecule has 1 aromatic heterocycles. The normalized spacial score (nSPS) is 45.3. The maximum absolute atomic E-state index is 13.3. The van der Waals surface area contributed by atoms with E-state index in [2.05, 4.69) is 0 Å². The molecule has 3 aliphatic rings. The van der Waals surface area contributed by atoms with Crippen LogP contribution in [0.25, 0.3) is 0 Å². The molecule has 0 spiro atoms. The summed E-state index contributed by atoms with van der Waals surface area (Å²) in [6.07, 6.45) is 2.11. The molecule has 0 aromatic carbocycles. The molecule has 3 fully saturated rings. The van der Waals surface area contributed by atoms with Gasteiger partial charge in [0.25, 0.3) is 0 Å². The Morgan fingerprint density at radius 1 is 1.37 bits per heavy atom. The van der Waals surface area contributed by atoms with Crippen molar-refractivity contribution in [3.8, 4) is 0 Å². The Morgan fingerprint density at radius 2 is 2.10 bits per heavy atom. The first kappa shape index (κ1) is 21.5. The summed E-state index contributed by atoms with van der Waals surface area (Å²) in [5, 5.41) is 33.6. The number of hydrogen-bond donors (Lipinski definition) is 3. The number of Topliss-reactive ketones (excluding diaryl/α,β-unsaturated/α-hetero) is 1. The molecule has 166 valence electrons. The summed E-state index contributed by atoms with van der Waals surface area (Å²) >= 11 is 0. The molecule has 1 saturated heterocycles. The number of rotatable bonds is 5. The monoisotopic (exact) mass is 422 g/mol. The lowest BCUT2D eigenvalue weighted by molar-refractivity contribution is -0.288. The molecule has 30 heavy (non-hydrogen) atoms. The minimum atomic E-state index is -1.91. The second kappa shape index (κ2) is 6.88. The third-order valence-corrected chi connectivity index (χ3v) is 8.41. The molecule has 1 aliphatic heterocycles. The fraction of sp³-hybridized carbons (Fsp3) is 0.727. The topological polar surface area (TPSA) is 126 Å². The van der Waals surface area contributed by atoms with Crippen molar-refractivity contribution in [3.05, 3.63) is 24.2 Å². The van der Waals surface area contributed by atoms with Crippen molar-refractivity contribution in [3.63, 3.8) is 0 Å². The summed E-state index contributed by atoms with van der Waals surface area (Å²) in [6.45, 7) is 4.29. The van der Waals surface area contributed by atoms with Gasteiger partial charge in [-0.2, -0.15) is 0 Å². The van der Waals surface area contributed by atoms with Gasteiger partial charge in [0.05, 0.1) is 30.8 Å². The highest BCUT2D eigenvalue weighted by Crippen LogP contribution is 2.70. The average Bonchev–Trinajstić information content (AvgIpc) is 3.29. The van der Waals surface area contributed by atoms with Gasteiger partial charge < -0.3 is 29.2 Å². The maximum atomic E-state index is 13.3. The molecule has 2 bridgehead atoms. The predicted molar refractivity (Wildman–Crippen MR) is 103 cm³/mol. The first-order valence-corrected chi connectivity index (χ1v) is 10.5. The van der Waals surface area contributed by atoms with Crippen molar-refractivity contribution in [2.45, 2.75) is 69.9 Å². The van der Waals surface area contributed by atoms with Crippen LogP contribution in [0.1, 0.15) is 45.6 Å². The summed E-state index contributed by atoms with van der Waals surface area (Å²) in [7, 11) is 0. The molecule has 2 aliphatic carbocycles. The van der Waals surface area contributed by atoms with Crippen LogP contribution in [0.15, 0.2) is 23.0 Å². The number of aryl methyl sites for hydroxylation is 1. The second-order valence-electron chi connectivity index (χ2n) is 9.42. The zero-order valence-corrected chi connectivity index (χ0v) is 17.6. The average molecular weight is 422 g/mol. The van der Waals surface area contributed by atoms with Crippen LogP contribution < -0.4 is 0 Å². The van der Waals surface area contributed by atoms with Gasteiger partial charge in [-0.25, -0.2) is 0 Å². The second-order valence-corrected chi connectivity index (χ2v) is 9.42. The molecule has 8 heteroatoms. The highest BCUT2D eigenvalue weighted by atomic mass is 16.6. The van der Waals surface area contributed by atoms with Crippen molar-refractivity contribution in [2.24, 2.45) is 16.7 Å². The fourth-order valence-corrected chi connectivity index (χ4v) is 6.46. The largest absolute Gasteiger partial charge is 0.472 e. The molecular formula is C22H30O8. The van der Waals surface area contributed by atoms with E-state index in [1.807, 2.05) is 13.0 Å². The SMILES string of the molecule is CC(=O)OCC12C(O)C(=O)C(C)C(C)(CCc3ccoc3)C13CCC(O)C2(O)CO3. The van der Waals surface area contributed by atoms with Gasteiger partial charge in [-0.05, 0) is 37.3 Å². The number of carbonyl (C=O) groups excluding carboxylic acids is 2. The Balaban J connectivity index is 1.87. The van der Waals surface area contributed by atoms with Crippen molar-refractivity contribution in [1.29, 1.82) is 0 Å². The Labute approximate surface area is 175 Å². The van der Waals surface area contributed by atoms with Crippen LogP contribution in [0.3, 0.4) is 0 Å². The molecule has 0 amide bonds. The first-order chi connectivity index (χ1) is 14.1. The van der Waals surface area contributed by atoms with E-state index < -0.39 is 58.5 Å². The van der Waals surface area contributed by atoms with Crippen LogP contribution in [-0.4, -0.2) is 63.7 Å². The molecule has 2 heterocycles. The van der Waals surface area contributed by atoms with E-state index in [1.165, 1.54) is 6.92 Å². The van der Waals surface area contributed by atoms with Crippen LogP contribution in [0.4, 0.5) is 0 Å². The van der Waals surface area contributed by atoms with E-state index >= 15 is 0 Å². The quantitative estimate of drug-likeness (QED) is 0.600. The van der Waals surface area contributed by atoms with Gasteiger partial charge in [0.2, 0.25) is 0 Å². The lowest BCUT2D eigenvalue weighted by Crippen LogP contribution is -2.80. The maximum Gasteiger partial charge on any atom is 0.302 e. The van der Waals surface area contributed by atoms with E-state index in [4.69, 9.17) is 13.9 Å². The van der Waals surface area contributed by atoms with E-state index in [0.717, 1.165) is 5.56 Å². The lowest BCUT2D eigenvalue weighted by atomic mass is 9.40. The van der Waals surface area contributed by atoms with Crippen LogP contribution >= 0.6 is 0 Å². The third-order valence-electron chi connectivity index (χ3n) is 8.41. The first-order valence-electron chi connectivity index (χ1n) is 10.5. The van der Waals surface area contributed by atoms with Gasteiger partial charge >= 0.3 is 5.97 Å². The number of carbonyl (C=O) groups is 2. The fourth-order valence-electron chi connectivity index (χ4n) is 6.46. The number of hydrogen-bond acceptors (Lipinski definition) is 8. The highest BCUT2D eigenvalue weighted by Gasteiger charge is 2.84. The molecule has 7 atom stereocenters. The van der Waals surface area contributed by atoms with Crippen molar-refractivity contribution < 1.29 is 38.8 Å². The molecular weight excluding hydrogens is 392 g/mol. The molecule has 2 saturated carbocycles. The number of aliphatic hydroxyl groups excluding tert-OH is 2. The number of ketones is 1. The number of ether oxygens (including phenoxy) is 2. The Hall–Kier alpha value is -1.74. The lowest BCUT2D eigenvalue weighted by Gasteiger charge is -2.66. The Bertz CT molecular complexity index is 832. The zero-order valence-electron chi connectivity index (χ0n) is 17.6. The molecule has 1 aromatic rings. The number of aliphatic hydroxyl groups is 3. The van der Waals surface area contributed by atoms with Gasteiger partial charge in [0.15, 0.2) is 5.78 Å². The van der Waals surface area contributed by atoms with Gasteiger partial charge in [0.1, 0.15) is 23.7 Å². The van der Waals surface area contributed by atoms with Crippen molar-refractivity contribution in [2.75, 3.05) is 13.2 Å². The van der Waals surface area contributed by atoms with E-state index in [9.17, 15) is 24.9 Å². The summed E-state index contributed by atoms with van der Waals surface area (Å²) in [5.74, 6) is -1.60. The summed E-state index contributed by atoms with van der Waals surface area (Å²) in [4.78, 5) is 25.0. The van der Waals surface area contributed by atoms with Gasteiger partial charge in [-0.15, -0.1) is 0 Å². The predicted octanol–water partition coefficient (Wildman–Crippen LogP) is 1.00. The minimum Gasteiger partial charge on any atom is -0.472 e. The van der Waals surface area contributed by atoms with E-state index in [-0.39, 0.29) is 13.0 Å². The molecule has 4 rings (SSSR count). The van der Waals surface area contributed by atoms with Gasteiger partial charge in [-0.1, -0.05) is 13.8 Å². The van der Waals surface area contributed by atoms with Gasteiger partial charge in [-0.3, -0.25) is 9.59 Å². The number of esters is 1. The third kappa shape index (κ3) is 2.42. The minimum absolute atomic E-state index is 0.242. The Morgan fingerprint density at radius 3 is 2.73 bits per heavy atom. The smallest absolute Gasteiger partial charge is 0.302 e. The standard InChI is InChI=1S/C22H30O8/c1-13-17(25)18(26)20(11-29-14(2)23)21(27)12-30-22(20,8-5-16(21)24)19(13,3)7-4-15-6-9-28-10-15/h6,9-10,13,16,18,24,26-27H,4-5,7-8,11-12H2,1-3H3. The summed E-state index contributed by atoms with van der Waals surface area (Å²) < 4.78 is 16.8. The van der Waals surface area contributed by atoms with Crippen LogP contribution in [0.5, 0.6) is 0 Å². The zero-order chi connectivity index (χ0) is 21.9. The molecule has 3 N–H and O–H groups in total. The molecule has 8 nitrogen and oxygen atoms in total. The highest BCUT2D eigenvalue weighted by molar-refractivity contribution is 5.89.